The number of nitrogens with two attached hydrogens (primary N) is 2. The van der Waals surface area contributed by atoms with Crippen LogP contribution in [0.25, 0.3) is 0 Å². The number of aliphatic hydroxyl groups excluding tert-OH is 1. The minimum absolute atomic E-state index is 0.0394. The lowest BCUT2D eigenvalue weighted by molar-refractivity contribution is 0.0908. The summed E-state index contributed by atoms with van der Waals surface area (Å²) in [5, 5.41) is 9.30. The maximum Gasteiger partial charge on any atom is 0.185 e. The average molecular weight is 185 g/mol. The maximum absolute atomic E-state index is 9.30. The van der Waals surface area contributed by atoms with Crippen LogP contribution in [-0.2, 0) is 0 Å². The van der Waals surface area contributed by atoms with Crippen molar-refractivity contribution in [1.82, 2.24) is 0 Å². The molecule has 0 aromatic heterocycles. The van der Waals surface area contributed by atoms with E-state index in [0.29, 0.717) is 6.54 Å². The number of guanidine groups is 1. The molecule has 0 aromatic carbocycles. The normalized spacial score (nSPS) is 21.0. The van der Waals surface area contributed by atoms with Gasteiger partial charge in [-0.2, -0.15) is 0 Å². The number of aliphatic imine (C=N–C) groups is 1. The van der Waals surface area contributed by atoms with Gasteiger partial charge >= 0.3 is 0 Å². The van der Waals surface area contributed by atoms with Gasteiger partial charge in [-0.15, -0.1) is 0 Å². The number of nitrogens with zero attached hydrogens (tertiary/aromatic N) is 1. The molecule has 1 aliphatic rings. The van der Waals surface area contributed by atoms with Crippen molar-refractivity contribution in [3.63, 3.8) is 0 Å². The molecule has 1 rings (SSSR count). The molecule has 0 radical (unpaired) electrons. The summed E-state index contributed by atoms with van der Waals surface area (Å²) < 4.78 is 0. The summed E-state index contributed by atoms with van der Waals surface area (Å²) in [4.78, 5) is 4.00. The Kier molecular flexibility index (Phi) is 3.54. The molecule has 0 aromatic rings. The predicted molar refractivity (Wildman–Crippen MR) is 53.3 cm³/mol. The monoisotopic (exact) mass is 185 g/mol. The highest BCUT2D eigenvalue weighted by Crippen LogP contribution is 2.35. The van der Waals surface area contributed by atoms with Crippen molar-refractivity contribution in [2.24, 2.45) is 21.9 Å². The third kappa shape index (κ3) is 2.88. The van der Waals surface area contributed by atoms with Crippen molar-refractivity contribution in [3.8, 4) is 0 Å². The number of aliphatic hydroxyl groups is 1. The quantitative estimate of drug-likeness (QED) is 0.434. The van der Waals surface area contributed by atoms with Crippen LogP contribution in [-0.4, -0.2) is 24.2 Å². The zero-order valence-corrected chi connectivity index (χ0v) is 8.00. The summed E-state index contributed by atoms with van der Waals surface area (Å²) in [6.07, 6.45) is 5.71. The van der Waals surface area contributed by atoms with E-state index in [2.05, 4.69) is 4.99 Å². The molecule has 0 heterocycles. The standard InChI is InChI=1S/C9H19N3O/c10-8(11)12-6-9(7-13)4-2-1-3-5-9/h13H,1-7H2,(H4,10,11,12). The highest BCUT2D eigenvalue weighted by molar-refractivity contribution is 5.75. The van der Waals surface area contributed by atoms with E-state index in [1.807, 2.05) is 0 Å². The van der Waals surface area contributed by atoms with E-state index < -0.39 is 0 Å². The van der Waals surface area contributed by atoms with E-state index in [-0.39, 0.29) is 18.0 Å². The van der Waals surface area contributed by atoms with Crippen LogP contribution in [0.5, 0.6) is 0 Å². The molecule has 0 aliphatic heterocycles. The molecule has 4 nitrogen and oxygen atoms in total. The second-order valence-electron chi connectivity index (χ2n) is 3.96. The average Bonchev–Trinajstić information content (AvgIpc) is 2.16. The summed E-state index contributed by atoms with van der Waals surface area (Å²) in [5.74, 6) is 0.124. The fraction of sp³-hybridized carbons (Fsp3) is 0.889. The van der Waals surface area contributed by atoms with E-state index >= 15 is 0 Å². The van der Waals surface area contributed by atoms with Gasteiger partial charge in [0.2, 0.25) is 0 Å². The fourth-order valence-electron chi connectivity index (χ4n) is 1.93. The first-order chi connectivity index (χ1) is 6.18. The first kappa shape index (κ1) is 10.3. The van der Waals surface area contributed by atoms with Crippen LogP contribution in [0, 0.1) is 5.41 Å². The molecule has 0 bridgehead atoms. The van der Waals surface area contributed by atoms with Crippen molar-refractivity contribution in [2.45, 2.75) is 32.1 Å². The molecular formula is C9H19N3O. The summed E-state index contributed by atoms with van der Waals surface area (Å²) >= 11 is 0. The van der Waals surface area contributed by atoms with Gasteiger partial charge in [-0.25, -0.2) is 0 Å². The smallest absolute Gasteiger partial charge is 0.185 e. The Morgan fingerprint density at radius 3 is 2.31 bits per heavy atom. The largest absolute Gasteiger partial charge is 0.396 e. The molecular weight excluding hydrogens is 166 g/mol. The molecule has 76 valence electrons. The van der Waals surface area contributed by atoms with E-state index in [0.717, 1.165) is 12.8 Å². The lowest BCUT2D eigenvalue weighted by Crippen LogP contribution is -2.33. The lowest BCUT2D eigenvalue weighted by atomic mass is 9.75. The lowest BCUT2D eigenvalue weighted by Gasteiger charge is -2.33. The van der Waals surface area contributed by atoms with Crippen LogP contribution in [0.1, 0.15) is 32.1 Å². The molecule has 0 saturated heterocycles. The van der Waals surface area contributed by atoms with Crippen molar-refractivity contribution in [3.05, 3.63) is 0 Å². The predicted octanol–water partition coefficient (Wildman–Crippen LogP) is 0.203. The Labute approximate surface area is 79.0 Å². The van der Waals surface area contributed by atoms with Crippen LogP contribution in [0.3, 0.4) is 0 Å². The topological polar surface area (TPSA) is 84.6 Å². The molecule has 13 heavy (non-hydrogen) atoms. The Bertz CT molecular complexity index is 181. The van der Waals surface area contributed by atoms with Crippen molar-refractivity contribution < 1.29 is 5.11 Å². The second-order valence-corrected chi connectivity index (χ2v) is 3.96. The Morgan fingerprint density at radius 1 is 1.23 bits per heavy atom. The fourth-order valence-corrected chi connectivity index (χ4v) is 1.93. The van der Waals surface area contributed by atoms with Gasteiger partial charge in [0.05, 0.1) is 13.2 Å². The summed E-state index contributed by atoms with van der Waals surface area (Å²) in [6, 6.07) is 0. The van der Waals surface area contributed by atoms with Gasteiger partial charge in [0.25, 0.3) is 0 Å². The molecule has 1 fully saturated rings. The first-order valence-corrected chi connectivity index (χ1v) is 4.85. The van der Waals surface area contributed by atoms with Crippen LogP contribution >= 0.6 is 0 Å². The summed E-state index contributed by atoms with van der Waals surface area (Å²) in [6.45, 7) is 0.773. The molecule has 0 unspecified atom stereocenters. The molecule has 0 atom stereocenters. The van der Waals surface area contributed by atoms with E-state index in [1.165, 1.54) is 19.3 Å². The zero-order valence-electron chi connectivity index (χ0n) is 8.00. The third-order valence-electron chi connectivity index (χ3n) is 2.85. The molecule has 1 saturated carbocycles. The minimum atomic E-state index is -0.0394. The Balaban J connectivity index is 2.52. The summed E-state index contributed by atoms with van der Waals surface area (Å²) in [5.41, 5.74) is 10.5. The molecule has 1 aliphatic carbocycles. The third-order valence-corrected chi connectivity index (χ3v) is 2.85. The SMILES string of the molecule is NC(N)=NCC1(CO)CCCCC1. The van der Waals surface area contributed by atoms with Gasteiger partial charge in [0.1, 0.15) is 0 Å². The van der Waals surface area contributed by atoms with Gasteiger partial charge in [-0.3, -0.25) is 4.99 Å². The highest BCUT2D eigenvalue weighted by atomic mass is 16.3. The van der Waals surface area contributed by atoms with Gasteiger partial charge in [-0.1, -0.05) is 19.3 Å². The van der Waals surface area contributed by atoms with E-state index in [9.17, 15) is 5.11 Å². The van der Waals surface area contributed by atoms with Crippen LogP contribution in [0.15, 0.2) is 4.99 Å². The number of rotatable bonds is 3. The van der Waals surface area contributed by atoms with Crippen molar-refractivity contribution in [2.75, 3.05) is 13.2 Å². The molecule has 0 amide bonds. The number of hydrogen-bond acceptors (Lipinski definition) is 2. The van der Waals surface area contributed by atoms with Gasteiger partial charge in [0.15, 0.2) is 5.96 Å². The van der Waals surface area contributed by atoms with Gasteiger partial charge in [0, 0.05) is 5.41 Å². The molecule has 5 N–H and O–H groups in total. The highest BCUT2D eigenvalue weighted by Gasteiger charge is 2.30. The van der Waals surface area contributed by atoms with Crippen LogP contribution < -0.4 is 11.5 Å². The second kappa shape index (κ2) is 4.46. The Morgan fingerprint density at radius 2 is 1.85 bits per heavy atom. The molecule has 0 spiro atoms. The van der Waals surface area contributed by atoms with Crippen LogP contribution in [0.2, 0.25) is 0 Å². The minimum Gasteiger partial charge on any atom is -0.396 e. The number of hydrogen-bond donors (Lipinski definition) is 3. The van der Waals surface area contributed by atoms with Gasteiger partial charge < -0.3 is 16.6 Å². The van der Waals surface area contributed by atoms with Gasteiger partial charge in [-0.05, 0) is 12.8 Å². The zero-order chi connectivity index (χ0) is 9.73. The van der Waals surface area contributed by atoms with Crippen molar-refractivity contribution in [1.29, 1.82) is 0 Å². The van der Waals surface area contributed by atoms with E-state index in [4.69, 9.17) is 11.5 Å². The van der Waals surface area contributed by atoms with Crippen molar-refractivity contribution >= 4 is 5.96 Å². The summed E-state index contributed by atoms with van der Waals surface area (Å²) in [7, 11) is 0. The van der Waals surface area contributed by atoms with E-state index in [1.54, 1.807) is 0 Å². The maximum atomic E-state index is 9.30. The van der Waals surface area contributed by atoms with Crippen LogP contribution in [0.4, 0.5) is 0 Å². The molecule has 4 heteroatoms. The Hall–Kier alpha value is -0.770. The first-order valence-electron chi connectivity index (χ1n) is 4.85.